The minimum Gasteiger partial charge on any atom is -0.462 e. The lowest BCUT2D eigenvalue weighted by atomic mass is 10.0. The van der Waals surface area contributed by atoms with E-state index >= 15 is 0 Å². The molecule has 0 aliphatic heterocycles. The highest BCUT2D eigenvalue weighted by Gasteiger charge is 2.19. The van der Waals surface area contributed by atoms with Crippen LogP contribution in [-0.4, -0.2) is 37.2 Å². The van der Waals surface area contributed by atoms with Crippen molar-refractivity contribution < 1.29 is 28.6 Å². The molecule has 0 saturated carbocycles. The van der Waals surface area contributed by atoms with Gasteiger partial charge in [0.25, 0.3) is 0 Å². The van der Waals surface area contributed by atoms with Crippen LogP contribution in [0.5, 0.6) is 0 Å². The van der Waals surface area contributed by atoms with Crippen LogP contribution in [0, 0.1) is 0 Å². The number of hydrogen-bond donors (Lipinski definition) is 0. The first-order chi connectivity index (χ1) is 41.0. The molecule has 0 saturated heterocycles. The highest BCUT2D eigenvalue weighted by Crippen LogP contribution is 2.18. The minimum absolute atomic E-state index is 0.0707. The van der Waals surface area contributed by atoms with Gasteiger partial charge < -0.3 is 14.2 Å². The smallest absolute Gasteiger partial charge is 0.306 e. The van der Waals surface area contributed by atoms with E-state index in [0.29, 0.717) is 19.3 Å². The Labute approximate surface area is 516 Å². The summed E-state index contributed by atoms with van der Waals surface area (Å²) < 4.78 is 17.0. The average molecular weight is 1160 g/mol. The van der Waals surface area contributed by atoms with Gasteiger partial charge in [-0.2, -0.15) is 0 Å². The molecule has 0 heterocycles. The van der Waals surface area contributed by atoms with Gasteiger partial charge in [0.05, 0.1) is 0 Å². The van der Waals surface area contributed by atoms with Crippen LogP contribution in [0.2, 0.25) is 0 Å². The molecule has 0 radical (unpaired) electrons. The molecule has 0 aliphatic carbocycles. The van der Waals surface area contributed by atoms with Crippen molar-refractivity contribution in [1.82, 2.24) is 0 Å². The molecule has 0 spiro atoms. The highest BCUT2D eigenvalue weighted by molar-refractivity contribution is 5.71. The number of rotatable bonds is 67. The van der Waals surface area contributed by atoms with E-state index in [0.717, 1.165) is 89.9 Å². The molecule has 6 heteroatoms. The molecule has 0 rings (SSSR count). The Morgan fingerprint density at radius 1 is 0.253 bits per heavy atom. The van der Waals surface area contributed by atoms with Crippen molar-refractivity contribution in [3.63, 3.8) is 0 Å². The minimum atomic E-state index is -0.775. The molecular weight excluding hydrogens is 1020 g/mol. The summed E-state index contributed by atoms with van der Waals surface area (Å²) in [5.41, 5.74) is 0. The molecule has 0 bridgehead atoms. The largest absolute Gasteiger partial charge is 0.462 e. The summed E-state index contributed by atoms with van der Waals surface area (Å²) in [6.45, 7) is 6.57. The van der Waals surface area contributed by atoms with Crippen LogP contribution < -0.4 is 0 Å². The Bertz CT molecular complexity index is 1520. The van der Waals surface area contributed by atoms with Crippen molar-refractivity contribution in [2.75, 3.05) is 13.2 Å². The molecule has 482 valence electrons. The van der Waals surface area contributed by atoms with Gasteiger partial charge in [-0.3, -0.25) is 14.4 Å². The number of ether oxygens (including phenoxy) is 3. The van der Waals surface area contributed by atoms with Crippen molar-refractivity contribution in [2.24, 2.45) is 0 Å². The average Bonchev–Trinajstić information content (AvgIpc) is 3.48. The van der Waals surface area contributed by atoms with E-state index in [-0.39, 0.29) is 31.1 Å². The summed E-state index contributed by atoms with van der Waals surface area (Å²) in [6, 6.07) is 0. The lowest BCUT2D eigenvalue weighted by molar-refractivity contribution is -0.167. The Kier molecular flexibility index (Phi) is 68.6. The lowest BCUT2D eigenvalue weighted by Gasteiger charge is -2.18. The second-order valence-electron chi connectivity index (χ2n) is 24.5. The molecule has 0 aliphatic rings. The van der Waals surface area contributed by atoms with Gasteiger partial charge in [-0.1, -0.05) is 344 Å². The maximum atomic E-state index is 13.0. The van der Waals surface area contributed by atoms with Crippen LogP contribution in [0.1, 0.15) is 380 Å². The van der Waals surface area contributed by atoms with E-state index in [1.54, 1.807) is 0 Å². The van der Waals surface area contributed by atoms with Gasteiger partial charge >= 0.3 is 17.9 Å². The van der Waals surface area contributed by atoms with Crippen LogP contribution in [0.25, 0.3) is 0 Å². The monoisotopic (exact) mass is 1160 g/mol. The van der Waals surface area contributed by atoms with E-state index < -0.39 is 6.10 Å². The Balaban J connectivity index is 4.17. The van der Waals surface area contributed by atoms with E-state index in [4.69, 9.17) is 14.2 Å². The van der Waals surface area contributed by atoms with Crippen molar-refractivity contribution in [2.45, 2.75) is 386 Å². The normalized spacial score (nSPS) is 12.5. The van der Waals surface area contributed by atoms with Gasteiger partial charge in [-0.05, 0) is 89.9 Å². The fraction of sp³-hybridized carbons (Fsp3) is 0.805. The van der Waals surface area contributed by atoms with Crippen molar-refractivity contribution in [1.29, 1.82) is 0 Å². The Morgan fingerprint density at radius 3 is 0.735 bits per heavy atom. The molecule has 6 nitrogen and oxygen atoms in total. The number of esters is 3. The van der Waals surface area contributed by atoms with Gasteiger partial charge in [-0.15, -0.1) is 0 Å². The second-order valence-corrected chi connectivity index (χ2v) is 24.5. The summed E-state index contributed by atoms with van der Waals surface area (Å²) in [6.07, 6.45) is 93.7. The van der Waals surface area contributed by atoms with Crippen molar-refractivity contribution in [3.8, 4) is 0 Å². The molecule has 0 aromatic carbocycles. The number of unbranched alkanes of at least 4 members (excludes halogenated alkanes) is 44. The molecular formula is C77H138O6. The SMILES string of the molecule is CC/C=C\C/C=C\C/C=C\C/C=C\CCCCCCCCCCCCCCC(=O)OC(COC(=O)CCCCCCCCCCCCC)COC(=O)CCCCCCCCCCCCCCCCCCC/C=C\C/C=C\CCCCCCC. The molecule has 0 fully saturated rings. The van der Waals surface area contributed by atoms with Crippen LogP contribution in [0.15, 0.2) is 72.9 Å². The van der Waals surface area contributed by atoms with Gasteiger partial charge in [-0.25, -0.2) is 0 Å². The first-order valence-electron chi connectivity index (χ1n) is 36.4. The number of allylic oxidation sites excluding steroid dienone is 12. The zero-order chi connectivity index (χ0) is 59.9. The maximum absolute atomic E-state index is 13.0. The van der Waals surface area contributed by atoms with E-state index in [9.17, 15) is 14.4 Å². The topological polar surface area (TPSA) is 78.9 Å². The summed E-state index contributed by atoms with van der Waals surface area (Å²) in [5, 5.41) is 0. The van der Waals surface area contributed by atoms with Crippen LogP contribution in [0.4, 0.5) is 0 Å². The predicted octanol–water partition coefficient (Wildman–Crippen LogP) is 25.2. The second kappa shape index (κ2) is 71.3. The fourth-order valence-corrected chi connectivity index (χ4v) is 10.8. The fourth-order valence-electron chi connectivity index (χ4n) is 10.8. The van der Waals surface area contributed by atoms with Crippen LogP contribution >= 0.6 is 0 Å². The van der Waals surface area contributed by atoms with Gasteiger partial charge in [0.1, 0.15) is 13.2 Å². The third-order valence-corrected chi connectivity index (χ3v) is 16.2. The summed E-state index contributed by atoms with van der Waals surface area (Å²) in [7, 11) is 0. The molecule has 0 N–H and O–H groups in total. The zero-order valence-corrected chi connectivity index (χ0v) is 55.5. The van der Waals surface area contributed by atoms with Crippen molar-refractivity contribution in [3.05, 3.63) is 72.9 Å². The molecule has 0 aromatic rings. The quantitative estimate of drug-likeness (QED) is 0.0261. The first kappa shape index (κ1) is 79.8. The number of carbonyl (C=O) groups excluding carboxylic acids is 3. The zero-order valence-electron chi connectivity index (χ0n) is 55.5. The summed E-state index contributed by atoms with van der Waals surface area (Å²) in [4.78, 5) is 38.4. The standard InChI is InChI=1S/C77H138O6/c1-4-7-10-13-16-19-22-24-26-28-30-32-34-36-37-38-39-41-42-44-46-48-50-52-55-58-61-64-67-70-76(79)82-73-74(72-81-75(78)69-66-63-60-57-54-21-18-15-12-9-6-3)83-77(80)71-68-65-62-59-56-53-51-49-47-45-43-40-35-33-31-29-27-25-23-20-17-14-11-8-5-2/h8,11,17,20,22,24-25,27-28,30-31,33,74H,4-7,9-10,12-16,18-19,21,23,26,29,32,34-73H2,1-3H3/b11-8-,20-17-,24-22-,27-25-,30-28-,33-31-. The third kappa shape index (κ3) is 69.5. The van der Waals surface area contributed by atoms with Crippen molar-refractivity contribution >= 4 is 17.9 Å². The molecule has 0 amide bonds. The molecule has 83 heavy (non-hydrogen) atoms. The molecule has 0 aromatic heterocycles. The van der Waals surface area contributed by atoms with E-state index in [2.05, 4.69) is 93.7 Å². The third-order valence-electron chi connectivity index (χ3n) is 16.2. The van der Waals surface area contributed by atoms with E-state index in [1.165, 1.54) is 250 Å². The van der Waals surface area contributed by atoms with Crippen LogP contribution in [0.3, 0.4) is 0 Å². The van der Waals surface area contributed by atoms with E-state index in [1.807, 2.05) is 0 Å². The van der Waals surface area contributed by atoms with Gasteiger partial charge in [0.2, 0.25) is 0 Å². The number of hydrogen-bond acceptors (Lipinski definition) is 6. The summed E-state index contributed by atoms with van der Waals surface area (Å²) in [5.74, 6) is -0.850. The summed E-state index contributed by atoms with van der Waals surface area (Å²) >= 11 is 0. The lowest BCUT2D eigenvalue weighted by Crippen LogP contribution is -2.30. The van der Waals surface area contributed by atoms with Gasteiger partial charge in [0.15, 0.2) is 6.10 Å². The number of carbonyl (C=O) groups is 3. The predicted molar refractivity (Wildman–Crippen MR) is 362 cm³/mol. The molecule has 1 unspecified atom stereocenters. The maximum Gasteiger partial charge on any atom is 0.306 e. The highest BCUT2D eigenvalue weighted by atomic mass is 16.6. The Morgan fingerprint density at radius 2 is 0.470 bits per heavy atom. The molecule has 1 atom stereocenters. The van der Waals surface area contributed by atoms with Gasteiger partial charge in [0, 0.05) is 19.3 Å². The Hall–Kier alpha value is -3.15. The first-order valence-corrected chi connectivity index (χ1v) is 36.4. The van der Waals surface area contributed by atoms with Crippen LogP contribution in [-0.2, 0) is 28.6 Å².